The number of terminal acetylenes is 1. The molecule has 0 aromatic heterocycles. The first-order chi connectivity index (χ1) is 6.35. The number of hydrogen-bond donors (Lipinski definition) is 1. The van der Waals surface area contributed by atoms with Gasteiger partial charge in [0, 0.05) is 12.5 Å². The summed E-state index contributed by atoms with van der Waals surface area (Å²) in [6.07, 6.45) is 12.6. The van der Waals surface area contributed by atoms with Gasteiger partial charge in [-0.15, -0.1) is 18.9 Å². The summed E-state index contributed by atoms with van der Waals surface area (Å²) in [7, 11) is 0. The van der Waals surface area contributed by atoms with E-state index >= 15 is 0 Å². The van der Waals surface area contributed by atoms with Crippen LogP contribution < -0.4 is 5.32 Å². The van der Waals surface area contributed by atoms with Crippen LogP contribution in [0.15, 0.2) is 12.7 Å². The zero-order chi connectivity index (χ0) is 9.94. The molecule has 1 unspecified atom stereocenters. The second-order valence-electron chi connectivity index (χ2n) is 3.27. The molecule has 1 nitrogen and oxygen atoms in total. The van der Waals surface area contributed by atoms with Crippen molar-refractivity contribution >= 4 is 0 Å². The Morgan fingerprint density at radius 3 is 2.92 bits per heavy atom. The lowest BCUT2D eigenvalue weighted by Crippen LogP contribution is -2.29. The Kier molecular flexibility index (Phi) is 8.82. The van der Waals surface area contributed by atoms with Gasteiger partial charge in [0.15, 0.2) is 0 Å². The number of unbranched alkanes of at least 4 members (excludes halogenated alkanes) is 1. The average Bonchev–Trinajstić information content (AvgIpc) is 2.14. The minimum Gasteiger partial charge on any atom is -0.314 e. The maximum Gasteiger partial charge on any atom is 0.0102 e. The summed E-state index contributed by atoms with van der Waals surface area (Å²) in [5, 5.41) is 3.49. The molecule has 1 N–H and O–H groups in total. The quantitative estimate of drug-likeness (QED) is 0.343. The van der Waals surface area contributed by atoms with Gasteiger partial charge in [-0.3, -0.25) is 0 Å². The van der Waals surface area contributed by atoms with Crippen LogP contribution in [0.25, 0.3) is 0 Å². The summed E-state index contributed by atoms with van der Waals surface area (Å²) in [4.78, 5) is 0. The Balaban J connectivity index is 3.54. The maximum absolute atomic E-state index is 5.20. The van der Waals surface area contributed by atoms with Gasteiger partial charge in [-0.1, -0.05) is 13.0 Å². The first-order valence-corrected chi connectivity index (χ1v) is 5.12. The van der Waals surface area contributed by atoms with Crippen LogP contribution in [-0.4, -0.2) is 12.6 Å². The first kappa shape index (κ1) is 12.3. The van der Waals surface area contributed by atoms with Gasteiger partial charge < -0.3 is 5.32 Å². The molecule has 0 fully saturated rings. The molecule has 13 heavy (non-hydrogen) atoms. The van der Waals surface area contributed by atoms with E-state index in [-0.39, 0.29) is 0 Å². The summed E-state index contributed by atoms with van der Waals surface area (Å²) in [5.74, 6) is 2.67. The molecule has 0 aliphatic rings. The van der Waals surface area contributed by atoms with E-state index < -0.39 is 0 Å². The van der Waals surface area contributed by atoms with Crippen molar-refractivity contribution < 1.29 is 0 Å². The predicted molar refractivity (Wildman–Crippen MR) is 59.6 cm³/mol. The highest BCUT2D eigenvalue weighted by Crippen LogP contribution is 2.04. The molecule has 1 atom stereocenters. The van der Waals surface area contributed by atoms with E-state index in [0.29, 0.717) is 6.04 Å². The van der Waals surface area contributed by atoms with Crippen molar-refractivity contribution in [3.8, 4) is 12.3 Å². The molecular formula is C12H21N. The van der Waals surface area contributed by atoms with Gasteiger partial charge in [-0.2, -0.15) is 0 Å². The SMILES string of the molecule is C#CCCCC(CC=C)NCCC. The summed E-state index contributed by atoms with van der Waals surface area (Å²) >= 11 is 0. The van der Waals surface area contributed by atoms with Gasteiger partial charge in [0.2, 0.25) is 0 Å². The lowest BCUT2D eigenvalue weighted by molar-refractivity contribution is 0.473. The average molecular weight is 179 g/mol. The molecule has 0 aliphatic heterocycles. The Hall–Kier alpha value is -0.740. The van der Waals surface area contributed by atoms with Crippen LogP contribution in [0.1, 0.15) is 39.0 Å². The maximum atomic E-state index is 5.20. The van der Waals surface area contributed by atoms with E-state index in [0.717, 1.165) is 32.2 Å². The third-order valence-electron chi connectivity index (χ3n) is 2.01. The Morgan fingerprint density at radius 1 is 1.62 bits per heavy atom. The van der Waals surface area contributed by atoms with Crippen LogP contribution >= 0.6 is 0 Å². The van der Waals surface area contributed by atoms with E-state index in [9.17, 15) is 0 Å². The van der Waals surface area contributed by atoms with Crippen molar-refractivity contribution in [1.82, 2.24) is 5.32 Å². The fraction of sp³-hybridized carbons (Fsp3) is 0.667. The number of nitrogens with one attached hydrogen (secondary N) is 1. The Bertz CT molecular complexity index is 155. The van der Waals surface area contributed by atoms with Crippen LogP contribution in [-0.2, 0) is 0 Å². The van der Waals surface area contributed by atoms with Crippen molar-refractivity contribution in [2.75, 3.05) is 6.54 Å². The van der Waals surface area contributed by atoms with Crippen molar-refractivity contribution in [3.63, 3.8) is 0 Å². The van der Waals surface area contributed by atoms with Crippen molar-refractivity contribution in [1.29, 1.82) is 0 Å². The molecule has 0 radical (unpaired) electrons. The van der Waals surface area contributed by atoms with Crippen LogP contribution in [0.5, 0.6) is 0 Å². The van der Waals surface area contributed by atoms with E-state index in [1.54, 1.807) is 0 Å². The standard InChI is InChI=1S/C12H21N/c1-4-7-8-10-12(9-5-2)13-11-6-3/h1,5,12-13H,2,6-11H2,3H3. The molecule has 74 valence electrons. The van der Waals surface area contributed by atoms with E-state index in [2.05, 4.69) is 24.7 Å². The Labute approximate surface area is 82.6 Å². The summed E-state index contributed by atoms with van der Waals surface area (Å²) < 4.78 is 0. The highest BCUT2D eigenvalue weighted by Gasteiger charge is 2.03. The molecule has 0 bridgehead atoms. The Morgan fingerprint density at radius 2 is 2.38 bits per heavy atom. The lowest BCUT2D eigenvalue weighted by Gasteiger charge is -2.15. The molecular weight excluding hydrogens is 158 g/mol. The molecule has 0 saturated carbocycles. The highest BCUT2D eigenvalue weighted by molar-refractivity contribution is 4.85. The fourth-order valence-electron chi connectivity index (χ4n) is 1.30. The van der Waals surface area contributed by atoms with E-state index in [1.807, 2.05) is 6.08 Å². The molecule has 0 heterocycles. The summed E-state index contributed by atoms with van der Waals surface area (Å²) in [5.41, 5.74) is 0. The van der Waals surface area contributed by atoms with Gasteiger partial charge in [-0.05, 0) is 32.2 Å². The highest BCUT2D eigenvalue weighted by atomic mass is 14.9. The van der Waals surface area contributed by atoms with Gasteiger partial charge >= 0.3 is 0 Å². The summed E-state index contributed by atoms with van der Waals surface area (Å²) in [6, 6.07) is 0.575. The van der Waals surface area contributed by atoms with Crippen molar-refractivity contribution in [3.05, 3.63) is 12.7 Å². The second-order valence-corrected chi connectivity index (χ2v) is 3.27. The molecule has 1 heteroatoms. The normalized spacial score (nSPS) is 12.0. The lowest BCUT2D eigenvalue weighted by atomic mass is 10.1. The monoisotopic (exact) mass is 179 g/mol. The topological polar surface area (TPSA) is 12.0 Å². The van der Waals surface area contributed by atoms with E-state index in [4.69, 9.17) is 6.42 Å². The van der Waals surface area contributed by atoms with Gasteiger partial charge in [0.1, 0.15) is 0 Å². The second kappa shape index (κ2) is 9.35. The molecule has 0 spiro atoms. The number of rotatable bonds is 8. The van der Waals surface area contributed by atoms with Gasteiger partial charge in [-0.25, -0.2) is 0 Å². The third kappa shape index (κ3) is 7.62. The zero-order valence-electron chi connectivity index (χ0n) is 8.68. The molecule has 0 aliphatic carbocycles. The minimum atomic E-state index is 0.575. The molecule has 0 aromatic rings. The fourth-order valence-corrected chi connectivity index (χ4v) is 1.30. The van der Waals surface area contributed by atoms with E-state index in [1.165, 1.54) is 6.42 Å². The molecule has 0 amide bonds. The van der Waals surface area contributed by atoms with Gasteiger partial charge in [0.25, 0.3) is 0 Å². The minimum absolute atomic E-state index is 0.575. The van der Waals surface area contributed by atoms with Crippen molar-refractivity contribution in [2.24, 2.45) is 0 Å². The van der Waals surface area contributed by atoms with Crippen LogP contribution in [0.2, 0.25) is 0 Å². The van der Waals surface area contributed by atoms with Crippen LogP contribution in [0.4, 0.5) is 0 Å². The first-order valence-electron chi connectivity index (χ1n) is 5.12. The smallest absolute Gasteiger partial charge is 0.0102 e. The van der Waals surface area contributed by atoms with Crippen molar-refractivity contribution in [2.45, 2.75) is 45.1 Å². The number of hydrogen-bond acceptors (Lipinski definition) is 1. The largest absolute Gasteiger partial charge is 0.314 e. The van der Waals surface area contributed by atoms with Gasteiger partial charge in [0.05, 0.1) is 0 Å². The summed E-state index contributed by atoms with van der Waals surface area (Å²) in [6.45, 7) is 7.03. The van der Waals surface area contributed by atoms with Crippen LogP contribution in [0.3, 0.4) is 0 Å². The molecule has 0 rings (SSSR count). The zero-order valence-corrected chi connectivity index (χ0v) is 8.68. The third-order valence-corrected chi connectivity index (χ3v) is 2.01. The molecule has 0 aromatic carbocycles. The van der Waals surface area contributed by atoms with Crippen LogP contribution in [0, 0.1) is 12.3 Å². The molecule has 0 saturated heterocycles. The predicted octanol–water partition coefficient (Wildman–Crippen LogP) is 2.73.